The first-order valence-corrected chi connectivity index (χ1v) is 11.8. The van der Waals surface area contributed by atoms with E-state index in [-0.39, 0.29) is 57.0 Å². The molecule has 3 fully saturated rings. The fourth-order valence-corrected chi connectivity index (χ4v) is 5.41. The van der Waals surface area contributed by atoms with Crippen molar-refractivity contribution in [1.82, 2.24) is 19.6 Å². The topological polar surface area (TPSA) is 109 Å². The summed E-state index contributed by atoms with van der Waals surface area (Å²) in [5, 5.41) is 13.9. The van der Waals surface area contributed by atoms with Gasteiger partial charge < -0.3 is 14.5 Å². The third-order valence-electron chi connectivity index (χ3n) is 7.73. The molecule has 37 heavy (non-hydrogen) atoms. The van der Waals surface area contributed by atoms with Gasteiger partial charge in [0.1, 0.15) is 5.41 Å². The van der Waals surface area contributed by atoms with Gasteiger partial charge in [-0.2, -0.15) is 23.5 Å². The summed E-state index contributed by atoms with van der Waals surface area (Å²) < 4.78 is 46.4. The Morgan fingerprint density at radius 2 is 1.84 bits per heavy atom. The lowest BCUT2D eigenvalue weighted by Crippen LogP contribution is -2.64. The van der Waals surface area contributed by atoms with Crippen molar-refractivity contribution in [2.45, 2.75) is 25.6 Å². The number of alkyl halides is 3. The van der Waals surface area contributed by atoms with Crippen molar-refractivity contribution in [2.75, 3.05) is 33.3 Å². The van der Waals surface area contributed by atoms with Gasteiger partial charge in [-0.3, -0.25) is 14.3 Å². The van der Waals surface area contributed by atoms with Gasteiger partial charge in [0, 0.05) is 37.8 Å². The number of hydrogen-bond acceptors (Lipinski definition) is 6. The van der Waals surface area contributed by atoms with E-state index in [1.807, 2.05) is 0 Å². The first-order chi connectivity index (χ1) is 17.5. The molecule has 194 valence electrons. The van der Waals surface area contributed by atoms with E-state index < -0.39 is 34.8 Å². The number of ether oxygens (including phenoxy) is 1. The highest BCUT2D eigenvalue weighted by Crippen LogP contribution is 2.60. The first-order valence-electron chi connectivity index (χ1n) is 11.8. The molecule has 1 atom stereocenters. The minimum atomic E-state index is -4.59. The van der Waals surface area contributed by atoms with E-state index in [9.17, 15) is 32.8 Å². The Kier molecular flexibility index (Phi) is 5.77. The van der Waals surface area contributed by atoms with Crippen LogP contribution in [0.2, 0.25) is 0 Å². The van der Waals surface area contributed by atoms with Crippen molar-refractivity contribution < 1.29 is 32.3 Å². The lowest BCUT2D eigenvalue weighted by Gasteiger charge is -2.50. The molecule has 1 aromatic carbocycles. The quantitative estimate of drug-likeness (QED) is 0.567. The number of aromatic nitrogens is 2. The van der Waals surface area contributed by atoms with Crippen LogP contribution in [-0.4, -0.2) is 76.8 Å². The van der Waals surface area contributed by atoms with Crippen LogP contribution in [0.5, 0.6) is 0 Å². The van der Waals surface area contributed by atoms with E-state index in [0.29, 0.717) is 11.1 Å². The first kappa shape index (κ1) is 24.8. The van der Waals surface area contributed by atoms with Crippen LogP contribution in [0.4, 0.5) is 13.2 Å². The zero-order chi connectivity index (χ0) is 26.6. The van der Waals surface area contributed by atoms with Crippen LogP contribution in [-0.2, 0) is 16.1 Å². The molecular weight excluding hydrogens is 491 g/mol. The normalized spacial score (nSPS) is 21.3. The van der Waals surface area contributed by atoms with Gasteiger partial charge in [0.25, 0.3) is 5.91 Å². The third kappa shape index (κ3) is 4.02. The maximum Gasteiger partial charge on any atom is 0.403 e. The Hall–Kier alpha value is -3.88. The average molecular weight is 515 g/mol. The Morgan fingerprint density at radius 1 is 1.16 bits per heavy atom. The number of halogens is 3. The Bertz CT molecular complexity index is 1300. The van der Waals surface area contributed by atoms with E-state index in [4.69, 9.17) is 4.74 Å². The van der Waals surface area contributed by atoms with Crippen molar-refractivity contribution >= 4 is 17.8 Å². The minimum absolute atomic E-state index is 0.0231. The summed E-state index contributed by atoms with van der Waals surface area (Å²) in [7, 11) is 1.29. The second-order valence-corrected chi connectivity index (χ2v) is 10.0. The molecular formula is C25H24F3N5O4. The monoisotopic (exact) mass is 515 g/mol. The molecule has 3 aliphatic rings. The van der Waals surface area contributed by atoms with E-state index >= 15 is 0 Å². The molecule has 2 amide bonds. The predicted molar refractivity (Wildman–Crippen MR) is 121 cm³/mol. The second-order valence-electron chi connectivity index (χ2n) is 10.0. The van der Waals surface area contributed by atoms with Gasteiger partial charge in [-0.15, -0.1) is 0 Å². The summed E-state index contributed by atoms with van der Waals surface area (Å²) in [5.74, 6) is -2.37. The molecule has 5 rings (SSSR count). The molecule has 12 heteroatoms. The number of benzene rings is 1. The van der Waals surface area contributed by atoms with Crippen LogP contribution in [0.15, 0.2) is 36.7 Å². The lowest BCUT2D eigenvalue weighted by atomic mass is 9.71. The van der Waals surface area contributed by atoms with Gasteiger partial charge in [0.15, 0.2) is 0 Å². The van der Waals surface area contributed by atoms with E-state index in [2.05, 4.69) is 11.2 Å². The van der Waals surface area contributed by atoms with Gasteiger partial charge in [-0.25, -0.2) is 4.79 Å². The SMILES string of the molecule is COC(=O)c1ccccc1Cn1cc(C(=O)N2CC(C#N)C3(C2)CN(C(=O)C2(C(F)(F)F)CC2)C3)cn1. The zero-order valence-electron chi connectivity index (χ0n) is 20.0. The number of methoxy groups -OCH3 is 1. The fourth-order valence-electron chi connectivity index (χ4n) is 5.41. The van der Waals surface area contributed by atoms with Gasteiger partial charge in [0.05, 0.1) is 43.0 Å². The number of nitriles is 1. The highest BCUT2D eigenvalue weighted by Gasteiger charge is 2.71. The van der Waals surface area contributed by atoms with Crippen LogP contribution in [0.3, 0.4) is 0 Å². The van der Waals surface area contributed by atoms with Crippen LogP contribution < -0.4 is 0 Å². The summed E-state index contributed by atoms with van der Waals surface area (Å²) >= 11 is 0. The second kappa shape index (κ2) is 8.61. The minimum Gasteiger partial charge on any atom is -0.465 e. The Morgan fingerprint density at radius 3 is 2.46 bits per heavy atom. The Balaban J connectivity index is 1.26. The molecule has 3 heterocycles. The van der Waals surface area contributed by atoms with Gasteiger partial charge in [-0.1, -0.05) is 18.2 Å². The van der Waals surface area contributed by atoms with Crippen LogP contribution >= 0.6 is 0 Å². The van der Waals surface area contributed by atoms with Crippen molar-refractivity contribution in [3.8, 4) is 6.07 Å². The molecule has 1 saturated carbocycles. The highest BCUT2D eigenvalue weighted by molar-refractivity contribution is 5.94. The summed E-state index contributed by atoms with van der Waals surface area (Å²) in [6.07, 6.45) is -2.07. The number of hydrogen-bond donors (Lipinski definition) is 0. The van der Waals surface area contributed by atoms with E-state index in [1.165, 1.54) is 27.8 Å². The number of carbonyl (C=O) groups excluding carboxylic acids is 3. The van der Waals surface area contributed by atoms with Gasteiger partial charge >= 0.3 is 12.1 Å². The van der Waals surface area contributed by atoms with E-state index in [1.54, 1.807) is 30.5 Å². The molecule has 0 bridgehead atoms. The number of likely N-dealkylation sites (tertiary alicyclic amines) is 2. The zero-order valence-corrected chi connectivity index (χ0v) is 20.0. The smallest absolute Gasteiger partial charge is 0.403 e. The third-order valence-corrected chi connectivity index (χ3v) is 7.73. The lowest BCUT2D eigenvalue weighted by molar-refractivity contribution is -0.204. The van der Waals surface area contributed by atoms with Crippen molar-refractivity contribution in [3.05, 3.63) is 53.3 Å². The van der Waals surface area contributed by atoms with Crippen LogP contribution in [0, 0.1) is 28.1 Å². The average Bonchev–Trinajstić information content (AvgIpc) is 3.41. The Labute approximate surface area is 210 Å². The van der Waals surface area contributed by atoms with Crippen LogP contribution in [0.25, 0.3) is 0 Å². The number of carbonyl (C=O) groups is 3. The molecule has 0 N–H and O–H groups in total. The van der Waals surface area contributed by atoms with Gasteiger partial charge in [0.2, 0.25) is 5.91 Å². The molecule has 1 aromatic heterocycles. The largest absolute Gasteiger partial charge is 0.465 e. The number of rotatable bonds is 5. The molecule has 0 radical (unpaired) electrons. The predicted octanol–water partition coefficient (Wildman–Crippen LogP) is 2.48. The molecule has 2 saturated heterocycles. The maximum atomic E-state index is 13.4. The number of esters is 1. The molecule has 9 nitrogen and oxygen atoms in total. The summed E-state index contributed by atoms with van der Waals surface area (Å²) in [6, 6.07) is 9.05. The van der Waals surface area contributed by atoms with Crippen molar-refractivity contribution in [2.24, 2.45) is 16.7 Å². The summed E-state index contributed by atoms with van der Waals surface area (Å²) in [6.45, 7) is 0.563. The van der Waals surface area contributed by atoms with Crippen molar-refractivity contribution in [1.29, 1.82) is 5.26 Å². The summed E-state index contributed by atoms with van der Waals surface area (Å²) in [4.78, 5) is 40.5. The highest BCUT2D eigenvalue weighted by atomic mass is 19.4. The molecule has 1 unspecified atom stereocenters. The molecule has 1 aliphatic carbocycles. The van der Waals surface area contributed by atoms with E-state index in [0.717, 1.165) is 0 Å². The van der Waals surface area contributed by atoms with Gasteiger partial charge in [-0.05, 0) is 24.5 Å². The fraction of sp³-hybridized carbons (Fsp3) is 0.480. The standard InChI is InChI=1S/C25H24F3N5O4/c1-37-21(35)19-5-3-2-4-16(19)10-33-11-17(9-30-33)20(34)31-12-18(8-29)23(13-31)14-32(15-23)22(36)24(6-7-24)25(26,27)28/h2-5,9,11,18H,6-7,10,12-15H2,1H3. The van der Waals surface area contributed by atoms with Crippen LogP contribution in [0.1, 0.15) is 39.1 Å². The number of amides is 2. The summed E-state index contributed by atoms with van der Waals surface area (Å²) in [5.41, 5.74) is -1.70. The number of nitrogens with zero attached hydrogens (tertiary/aromatic N) is 5. The maximum absolute atomic E-state index is 13.4. The molecule has 2 aromatic rings. The molecule has 2 aliphatic heterocycles. The van der Waals surface area contributed by atoms with Crippen molar-refractivity contribution in [3.63, 3.8) is 0 Å². The molecule has 1 spiro atoms.